The van der Waals surface area contributed by atoms with Crippen LogP contribution in [0.1, 0.15) is 34.9 Å². The Morgan fingerprint density at radius 2 is 2.23 bits per heavy atom. The first-order valence-electron chi connectivity index (χ1n) is 9.01. The Bertz CT molecular complexity index is 914. The molecule has 1 aliphatic heterocycles. The second-order valence-corrected chi connectivity index (χ2v) is 7.08. The van der Waals surface area contributed by atoms with E-state index < -0.39 is 0 Å². The van der Waals surface area contributed by atoms with Gasteiger partial charge in [-0.05, 0) is 44.5 Å². The summed E-state index contributed by atoms with van der Waals surface area (Å²) in [6, 6.07) is 3.96. The van der Waals surface area contributed by atoms with E-state index in [1.165, 1.54) is 5.69 Å². The molecule has 0 spiro atoms. The molecule has 4 rings (SSSR count). The Kier molecular flexibility index (Phi) is 4.46. The van der Waals surface area contributed by atoms with E-state index >= 15 is 0 Å². The Balaban J connectivity index is 1.48. The van der Waals surface area contributed by atoms with Gasteiger partial charge in [-0.15, -0.1) is 0 Å². The molecule has 0 unspecified atom stereocenters. The van der Waals surface area contributed by atoms with Gasteiger partial charge in [-0.1, -0.05) is 0 Å². The maximum absolute atomic E-state index is 12.6. The van der Waals surface area contributed by atoms with Crippen LogP contribution in [-0.2, 0) is 7.05 Å². The number of amides is 1. The van der Waals surface area contributed by atoms with Crippen molar-refractivity contribution < 1.29 is 4.79 Å². The average molecular weight is 352 g/mol. The normalized spacial score (nSPS) is 21.2. The van der Waals surface area contributed by atoms with Crippen LogP contribution in [0.25, 0.3) is 5.65 Å². The standard InChI is InChI=1S/C19H24N6O/c1-23-8-3-4-14(18(23)16-11-20-13-24(16)2)10-22-19(26)15-5-6-17-21-7-9-25(17)12-15/h5-7,9,11-14,18H,3-4,8,10H2,1-2H3,(H,22,26)/t14-,18+/m0/s1. The third-order valence-corrected chi connectivity index (χ3v) is 5.34. The number of aromatic nitrogens is 4. The minimum Gasteiger partial charge on any atom is -0.352 e. The summed E-state index contributed by atoms with van der Waals surface area (Å²) in [5.74, 6) is 0.322. The number of nitrogens with one attached hydrogen (secondary N) is 1. The fraction of sp³-hybridized carbons (Fsp3) is 0.421. The fourth-order valence-corrected chi connectivity index (χ4v) is 3.97. The minimum absolute atomic E-state index is 0.0439. The number of carbonyl (C=O) groups excluding carboxylic acids is 1. The molecule has 4 heterocycles. The van der Waals surface area contributed by atoms with E-state index in [-0.39, 0.29) is 11.9 Å². The van der Waals surface area contributed by atoms with E-state index in [1.807, 2.05) is 48.5 Å². The molecule has 1 amide bonds. The summed E-state index contributed by atoms with van der Waals surface area (Å²) < 4.78 is 3.94. The number of hydrogen-bond donors (Lipinski definition) is 1. The van der Waals surface area contributed by atoms with E-state index in [0.29, 0.717) is 18.0 Å². The first-order chi connectivity index (χ1) is 12.6. The van der Waals surface area contributed by atoms with Crippen LogP contribution in [0.15, 0.2) is 43.2 Å². The molecule has 1 fully saturated rings. The van der Waals surface area contributed by atoms with Crippen LogP contribution in [0.4, 0.5) is 0 Å². The number of fused-ring (bicyclic) bond motifs is 1. The van der Waals surface area contributed by atoms with Crippen molar-refractivity contribution in [2.45, 2.75) is 18.9 Å². The van der Waals surface area contributed by atoms with Gasteiger partial charge < -0.3 is 14.3 Å². The molecule has 1 aliphatic rings. The van der Waals surface area contributed by atoms with Crippen molar-refractivity contribution in [1.82, 2.24) is 29.2 Å². The summed E-state index contributed by atoms with van der Waals surface area (Å²) in [6.07, 6.45) is 11.4. The van der Waals surface area contributed by atoms with E-state index in [4.69, 9.17) is 0 Å². The Hall–Kier alpha value is -2.67. The number of hydrogen-bond acceptors (Lipinski definition) is 4. The third-order valence-electron chi connectivity index (χ3n) is 5.34. The van der Waals surface area contributed by atoms with Gasteiger partial charge in [0.1, 0.15) is 5.65 Å². The number of rotatable bonds is 4. The van der Waals surface area contributed by atoms with Crippen molar-refractivity contribution in [3.05, 3.63) is 54.5 Å². The summed E-state index contributed by atoms with van der Waals surface area (Å²) >= 11 is 0. The molecule has 26 heavy (non-hydrogen) atoms. The highest BCUT2D eigenvalue weighted by atomic mass is 16.1. The number of aryl methyl sites for hydroxylation is 1. The summed E-state index contributed by atoms with van der Waals surface area (Å²) in [7, 11) is 4.18. The molecule has 3 aromatic heterocycles. The number of pyridine rings is 1. The lowest BCUT2D eigenvalue weighted by Crippen LogP contribution is -2.42. The lowest BCUT2D eigenvalue weighted by atomic mass is 9.87. The van der Waals surface area contributed by atoms with Crippen LogP contribution in [0.3, 0.4) is 0 Å². The fourth-order valence-electron chi connectivity index (χ4n) is 3.97. The molecule has 2 atom stereocenters. The van der Waals surface area contributed by atoms with Gasteiger partial charge in [-0.2, -0.15) is 0 Å². The molecular weight excluding hydrogens is 328 g/mol. The van der Waals surface area contributed by atoms with Crippen molar-refractivity contribution in [2.24, 2.45) is 13.0 Å². The molecule has 0 aliphatic carbocycles. The zero-order valence-electron chi connectivity index (χ0n) is 15.2. The molecule has 0 aromatic carbocycles. The molecule has 3 aromatic rings. The van der Waals surface area contributed by atoms with Crippen LogP contribution in [0.5, 0.6) is 0 Å². The lowest BCUT2D eigenvalue weighted by Gasteiger charge is -2.39. The first-order valence-corrected chi connectivity index (χ1v) is 9.01. The number of likely N-dealkylation sites (tertiary alicyclic amines) is 1. The van der Waals surface area contributed by atoms with E-state index in [2.05, 4.69) is 31.8 Å². The third kappa shape index (κ3) is 3.10. The van der Waals surface area contributed by atoms with Crippen LogP contribution in [-0.4, -0.2) is 49.9 Å². The topological polar surface area (TPSA) is 67.5 Å². The quantitative estimate of drug-likeness (QED) is 0.778. The van der Waals surface area contributed by atoms with E-state index in [9.17, 15) is 4.79 Å². The largest absolute Gasteiger partial charge is 0.352 e. The predicted octanol–water partition coefficient (Wildman–Crippen LogP) is 1.88. The number of carbonyl (C=O) groups is 1. The predicted molar refractivity (Wildman–Crippen MR) is 98.8 cm³/mol. The van der Waals surface area contributed by atoms with Crippen LogP contribution in [0.2, 0.25) is 0 Å². The maximum atomic E-state index is 12.6. The molecule has 7 nitrogen and oxygen atoms in total. The van der Waals surface area contributed by atoms with Gasteiger partial charge in [-0.25, -0.2) is 9.97 Å². The molecule has 1 N–H and O–H groups in total. The smallest absolute Gasteiger partial charge is 0.252 e. The van der Waals surface area contributed by atoms with Crippen molar-refractivity contribution in [3.63, 3.8) is 0 Å². The van der Waals surface area contributed by atoms with Crippen molar-refractivity contribution >= 4 is 11.6 Å². The highest BCUT2D eigenvalue weighted by Crippen LogP contribution is 2.34. The molecular formula is C19H24N6O. The Morgan fingerprint density at radius 3 is 3.04 bits per heavy atom. The van der Waals surface area contributed by atoms with Gasteiger partial charge >= 0.3 is 0 Å². The SMILES string of the molecule is CN1CCC[C@@H](CNC(=O)c2ccc3nccn3c2)[C@@H]1c1cncn1C. The second-order valence-electron chi connectivity index (χ2n) is 7.08. The second kappa shape index (κ2) is 6.92. The zero-order chi connectivity index (χ0) is 18.1. The van der Waals surface area contributed by atoms with Gasteiger partial charge in [0.25, 0.3) is 5.91 Å². The molecule has 0 bridgehead atoms. The van der Waals surface area contributed by atoms with Gasteiger partial charge in [0.05, 0.1) is 23.6 Å². The Morgan fingerprint density at radius 1 is 1.35 bits per heavy atom. The van der Waals surface area contributed by atoms with Gasteiger partial charge in [0.2, 0.25) is 0 Å². The minimum atomic E-state index is -0.0439. The van der Waals surface area contributed by atoms with Crippen LogP contribution < -0.4 is 5.32 Å². The summed E-state index contributed by atoms with van der Waals surface area (Å²) in [4.78, 5) is 23.5. The summed E-state index contributed by atoms with van der Waals surface area (Å²) in [5, 5.41) is 3.13. The summed E-state index contributed by atoms with van der Waals surface area (Å²) in [6.45, 7) is 1.72. The average Bonchev–Trinajstić information content (AvgIpc) is 3.27. The highest BCUT2D eigenvalue weighted by Gasteiger charge is 2.32. The number of nitrogens with zero attached hydrogens (tertiary/aromatic N) is 5. The number of piperidine rings is 1. The molecule has 7 heteroatoms. The number of imidazole rings is 2. The first kappa shape index (κ1) is 16.8. The van der Waals surface area contributed by atoms with Crippen molar-refractivity contribution in [1.29, 1.82) is 0 Å². The lowest BCUT2D eigenvalue weighted by molar-refractivity contribution is 0.0881. The molecule has 0 radical (unpaired) electrons. The highest BCUT2D eigenvalue weighted by molar-refractivity contribution is 5.94. The van der Waals surface area contributed by atoms with E-state index in [0.717, 1.165) is 25.0 Å². The maximum Gasteiger partial charge on any atom is 0.252 e. The zero-order valence-corrected chi connectivity index (χ0v) is 15.2. The molecule has 136 valence electrons. The van der Waals surface area contributed by atoms with Crippen LogP contribution in [0, 0.1) is 5.92 Å². The molecule has 1 saturated heterocycles. The van der Waals surface area contributed by atoms with E-state index in [1.54, 1.807) is 6.20 Å². The summed E-state index contributed by atoms with van der Waals surface area (Å²) in [5.41, 5.74) is 2.69. The van der Waals surface area contributed by atoms with Crippen molar-refractivity contribution in [2.75, 3.05) is 20.1 Å². The Labute approximate surface area is 152 Å². The van der Waals surface area contributed by atoms with Gasteiger partial charge in [0, 0.05) is 38.4 Å². The van der Waals surface area contributed by atoms with Gasteiger partial charge in [-0.3, -0.25) is 9.69 Å². The van der Waals surface area contributed by atoms with Crippen LogP contribution >= 0.6 is 0 Å². The monoisotopic (exact) mass is 352 g/mol. The molecule has 0 saturated carbocycles. The van der Waals surface area contributed by atoms with Gasteiger partial charge in [0.15, 0.2) is 0 Å². The van der Waals surface area contributed by atoms with Crippen molar-refractivity contribution in [3.8, 4) is 0 Å².